The number of hydrogen-bond acceptors (Lipinski definition) is 15. The van der Waals surface area contributed by atoms with Crippen LogP contribution in [0.25, 0.3) is 0 Å². The van der Waals surface area contributed by atoms with Crippen molar-refractivity contribution in [2.75, 3.05) is 39.6 Å². The van der Waals surface area contributed by atoms with Gasteiger partial charge in [0.25, 0.3) is 0 Å². The maximum absolute atomic E-state index is 13.1. The molecule has 0 saturated heterocycles. The van der Waals surface area contributed by atoms with Gasteiger partial charge >= 0.3 is 39.5 Å². The van der Waals surface area contributed by atoms with Crippen molar-refractivity contribution in [1.29, 1.82) is 0 Å². The van der Waals surface area contributed by atoms with Crippen LogP contribution in [0.3, 0.4) is 0 Å². The lowest BCUT2D eigenvalue weighted by Crippen LogP contribution is -2.30. The second-order valence-electron chi connectivity index (χ2n) is 25.1. The third-order valence-electron chi connectivity index (χ3n) is 15.3. The molecular weight excluding hydrogens is 1380 g/mol. The van der Waals surface area contributed by atoms with Gasteiger partial charge in [-0.25, -0.2) is 9.13 Å². The van der Waals surface area contributed by atoms with E-state index in [9.17, 15) is 43.2 Å². The van der Waals surface area contributed by atoms with E-state index in [-0.39, 0.29) is 25.7 Å². The van der Waals surface area contributed by atoms with Crippen molar-refractivity contribution in [3.05, 3.63) is 207 Å². The molecule has 0 saturated carbocycles. The topological polar surface area (TPSA) is 237 Å². The van der Waals surface area contributed by atoms with Crippen molar-refractivity contribution in [3.8, 4) is 0 Å². The number of phosphoric ester groups is 2. The van der Waals surface area contributed by atoms with Gasteiger partial charge in [-0.2, -0.15) is 0 Å². The Balaban J connectivity index is 5.53. The predicted molar refractivity (Wildman–Crippen MR) is 435 cm³/mol. The minimum absolute atomic E-state index is 0.0492. The minimum Gasteiger partial charge on any atom is -0.462 e. The van der Waals surface area contributed by atoms with Gasteiger partial charge in [-0.1, -0.05) is 273 Å². The van der Waals surface area contributed by atoms with Crippen LogP contribution in [0.4, 0.5) is 0 Å². The molecule has 596 valence electrons. The number of ether oxygens (including phenoxy) is 4. The summed E-state index contributed by atoms with van der Waals surface area (Å²) in [5, 5.41) is 10.6. The van der Waals surface area contributed by atoms with E-state index in [2.05, 4.69) is 210 Å². The highest BCUT2D eigenvalue weighted by Gasteiger charge is 2.30. The van der Waals surface area contributed by atoms with Crippen molar-refractivity contribution in [3.63, 3.8) is 0 Å². The standard InChI is InChI=1S/C87H136O17P2/c1-5-9-13-17-21-25-29-33-37-40-44-47-51-55-59-63-67-71-84(89)97-77-82(103-86(91)73-69-65-61-57-53-49-43-36-32-28-24-20-16-12-8-4)79-101-105(93,94)99-75-81(88)76-100-106(95,96)102-80-83(104-87(92)74-70-66-62-58-54-50-46-42-39-35-31-27-23-19-15-11-7-3)78-98-85(90)72-68-64-60-56-52-48-45-41-38-34-30-26-22-18-14-10-6-2/h9-16,21-28,33-39,43-48,50,53,57,65,69,81-83,88H,5-8,17-20,29-32,40-42,49,51-52,54-56,58-64,66-68,70-80H2,1-4H3,(H,93,94)(H,95,96)/b13-9-,14-10-,15-11-,16-12-,25-21-,26-22-,27-23-,28-24-,37-33-,38-34-,39-35-,43-36-,47-44-,48-45-,50-46-,57-53-,69-65-. The highest BCUT2D eigenvalue weighted by Crippen LogP contribution is 2.45. The van der Waals surface area contributed by atoms with Crippen LogP contribution in [0.5, 0.6) is 0 Å². The largest absolute Gasteiger partial charge is 0.472 e. The Hall–Kier alpha value is -6.36. The zero-order chi connectivity index (χ0) is 77.4. The molecule has 3 N–H and O–H groups in total. The number of phosphoric acid groups is 2. The van der Waals surface area contributed by atoms with Crippen LogP contribution in [0.15, 0.2) is 207 Å². The van der Waals surface area contributed by atoms with Gasteiger partial charge in [-0.3, -0.25) is 37.3 Å². The molecule has 5 atom stereocenters. The summed E-state index contributed by atoms with van der Waals surface area (Å²) in [4.78, 5) is 73.0. The second-order valence-corrected chi connectivity index (χ2v) is 28.0. The third-order valence-corrected chi connectivity index (χ3v) is 17.2. The fourth-order valence-corrected chi connectivity index (χ4v) is 11.0. The second kappa shape index (κ2) is 76.8. The Morgan fingerprint density at radius 1 is 0.274 bits per heavy atom. The molecule has 0 aliphatic carbocycles. The van der Waals surface area contributed by atoms with E-state index in [0.29, 0.717) is 25.7 Å². The van der Waals surface area contributed by atoms with Crippen molar-refractivity contribution >= 4 is 39.5 Å². The predicted octanol–water partition coefficient (Wildman–Crippen LogP) is 23.1. The third kappa shape index (κ3) is 75.9. The zero-order valence-corrected chi connectivity index (χ0v) is 66.8. The van der Waals surface area contributed by atoms with Crippen LogP contribution in [-0.2, 0) is 65.4 Å². The number of unbranched alkanes of at least 4 members (excludes halogenated alkanes) is 12. The molecule has 0 rings (SSSR count). The first kappa shape index (κ1) is 99.6. The molecule has 0 aliphatic heterocycles. The number of esters is 4. The molecule has 17 nitrogen and oxygen atoms in total. The number of rotatable bonds is 71. The molecule has 0 radical (unpaired) electrons. The van der Waals surface area contributed by atoms with Gasteiger partial charge in [0, 0.05) is 19.3 Å². The SMILES string of the molecule is CC/C=C\C/C=C\C/C=C\C/C=C\C/C=C\CC(=O)OC(COC(=O)CCCCCC/C=C\C/C=C\C/C=C\C/C=C\CC)COP(=O)(O)OCC(O)COP(=O)(O)OCC(COC(=O)CCCCCC/C=C\C/C=C\C/C=C\C/C=C\CC)OC(=O)CCCCCC/C=C\C/C=C\C/C=C\C/C=C\CC. The van der Waals surface area contributed by atoms with Crippen molar-refractivity contribution in [1.82, 2.24) is 0 Å². The first-order valence-corrected chi connectivity index (χ1v) is 42.3. The molecule has 0 aromatic carbocycles. The van der Waals surface area contributed by atoms with Gasteiger partial charge < -0.3 is 33.8 Å². The Morgan fingerprint density at radius 3 is 0.783 bits per heavy atom. The summed E-state index contributed by atoms with van der Waals surface area (Å²) in [7, 11) is -10.0. The Bertz CT molecular complexity index is 2830. The number of allylic oxidation sites excluding steroid dienone is 33. The molecule has 5 unspecified atom stereocenters. The van der Waals surface area contributed by atoms with E-state index in [1.807, 2.05) is 12.2 Å². The van der Waals surface area contributed by atoms with E-state index in [0.717, 1.165) is 180 Å². The quantitative estimate of drug-likeness (QED) is 0.0169. The van der Waals surface area contributed by atoms with Crippen LogP contribution in [-0.4, -0.2) is 96.7 Å². The van der Waals surface area contributed by atoms with E-state index < -0.39 is 97.5 Å². The first-order chi connectivity index (χ1) is 51.7. The number of aliphatic hydroxyl groups excluding tert-OH is 1. The molecule has 106 heavy (non-hydrogen) atoms. The smallest absolute Gasteiger partial charge is 0.462 e. The van der Waals surface area contributed by atoms with Crippen LogP contribution >= 0.6 is 15.6 Å². The van der Waals surface area contributed by atoms with Gasteiger partial charge in [0.05, 0.1) is 32.8 Å². The van der Waals surface area contributed by atoms with Gasteiger partial charge in [-0.05, 0) is 167 Å². The maximum Gasteiger partial charge on any atom is 0.472 e. The molecular formula is C87H136O17P2. The van der Waals surface area contributed by atoms with E-state index in [1.54, 1.807) is 12.2 Å². The van der Waals surface area contributed by atoms with Crippen molar-refractivity contribution < 1.29 is 80.2 Å². The molecule has 0 heterocycles. The molecule has 0 amide bonds. The molecule has 0 fully saturated rings. The lowest BCUT2D eigenvalue weighted by molar-refractivity contribution is -0.161. The summed E-state index contributed by atoms with van der Waals surface area (Å²) in [5.74, 6) is -2.43. The lowest BCUT2D eigenvalue weighted by atomic mass is 10.1. The summed E-state index contributed by atoms with van der Waals surface area (Å²) in [5.41, 5.74) is 0. The van der Waals surface area contributed by atoms with Crippen LogP contribution < -0.4 is 0 Å². The maximum atomic E-state index is 13.1. The van der Waals surface area contributed by atoms with Crippen molar-refractivity contribution in [2.24, 2.45) is 0 Å². The summed E-state index contributed by atoms with van der Waals surface area (Å²) in [6.45, 7) is 4.18. The van der Waals surface area contributed by atoms with E-state index >= 15 is 0 Å². The molecule has 0 aromatic rings. The summed E-state index contributed by atoms with van der Waals surface area (Å²) >= 11 is 0. The zero-order valence-electron chi connectivity index (χ0n) is 65.0. The van der Waals surface area contributed by atoms with Gasteiger partial charge in [0.1, 0.15) is 19.3 Å². The van der Waals surface area contributed by atoms with E-state index in [1.165, 1.54) is 0 Å². The molecule has 19 heteroatoms. The molecule has 0 spiro atoms. The van der Waals surface area contributed by atoms with Crippen LogP contribution in [0.2, 0.25) is 0 Å². The molecule has 0 aliphatic rings. The normalized spacial score (nSPS) is 15.0. The highest BCUT2D eigenvalue weighted by molar-refractivity contribution is 7.47. The summed E-state index contributed by atoms with van der Waals surface area (Å²) < 4.78 is 68.4. The Kier molecular flexibility index (Phi) is 72.2. The monoisotopic (exact) mass is 1510 g/mol. The van der Waals surface area contributed by atoms with Crippen molar-refractivity contribution in [2.45, 2.75) is 277 Å². The molecule has 0 bridgehead atoms. The Labute approximate surface area is 639 Å². The highest BCUT2D eigenvalue weighted by atomic mass is 31.2. The fourth-order valence-electron chi connectivity index (χ4n) is 9.44. The Morgan fingerprint density at radius 2 is 0.500 bits per heavy atom. The number of hydrogen-bond donors (Lipinski definition) is 3. The average molecular weight is 1520 g/mol. The summed E-state index contributed by atoms with van der Waals surface area (Å²) in [6, 6.07) is 0. The minimum atomic E-state index is -5.02. The lowest BCUT2D eigenvalue weighted by Gasteiger charge is -2.21. The molecule has 0 aromatic heterocycles. The number of carbonyl (C=O) groups is 4. The number of carbonyl (C=O) groups excluding carboxylic acids is 4. The van der Waals surface area contributed by atoms with Gasteiger partial charge in [0.15, 0.2) is 12.2 Å². The van der Waals surface area contributed by atoms with Crippen LogP contribution in [0.1, 0.15) is 259 Å². The van der Waals surface area contributed by atoms with Gasteiger partial charge in [-0.15, -0.1) is 0 Å². The first-order valence-electron chi connectivity index (χ1n) is 39.3. The summed E-state index contributed by atoms with van der Waals surface area (Å²) in [6.07, 6.45) is 95.5. The van der Waals surface area contributed by atoms with Crippen LogP contribution in [0, 0.1) is 0 Å². The van der Waals surface area contributed by atoms with Gasteiger partial charge in [0.2, 0.25) is 0 Å². The fraction of sp³-hybridized carbons (Fsp3) is 0.563. The average Bonchev–Trinajstić information content (AvgIpc) is 0.909. The van der Waals surface area contributed by atoms with E-state index in [4.69, 9.17) is 37.0 Å². The number of aliphatic hydroxyl groups is 1.